The number of ether oxygens (including phenoxy) is 2. The number of aromatic amines is 1. The van der Waals surface area contributed by atoms with Crippen LogP contribution in [-0.2, 0) is 11.2 Å². The van der Waals surface area contributed by atoms with Crippen molar-refractivity contribution in [3.8, 4) is 11.5 Å². The van der Waals surface area contributed by atoms with Crippen molar-refractivity contribution in [2.75, 3.05) is 20.3 Å². The van der Waals surface area contributed by atoms with Gasteiger partial charge in [0.25, 0.3) is 0 Å². The number of carbonyl (C=O) groups is 1. The van der Waals surface area contributed by atoms with Gasteiger partial charge in [-0.3, -0.25) is 4.79 Å². The first kappa shape index (κ1) is 15.9. The maximum Gasteiger partial charge on any atom is 0.224 e. The highest BCUT2D eigenvalue weighted by Crippen LogP contribution is 2.17. The predicted octanol–water partition coefficient (Wildman–Crippen LogP) is 2.91. The van der Waals surface area contributed by atoms with Crippen LogP contribution in [0.4, 0.5) is 0 Å². The fraction of sp³-hybridized carbons (Fsp3) is 0.211. The van der Waals surface area contributed by atoms with Gasteiger partial charge in [0.2, 0.25) is 5.91 Å². The SMILES string of the molecule is COc1ccc(OCCNC(=O)Cc2ccc3cc[nH]c3c2)cc1. The molecular formula is C19H20N2O3. The van der Waals surface area contributed by atoms with Crippen molar-refractivity contribution in [2.45, 2.75) is 6.42 Å². The molecule has 1 heterocycles. The maximum absolute atomic E-state index is 12.0. The van der Waals surface area contributed by atoms with Crippen molar-refractivity contribution in [3.63, 3.8) is 0 Å². The number of carbonyl (C=O) groups excluding carboxylic acids is 1. The van der Waals surface area contributed by atoms with Crippen molar-refractivity contribution in [1.29, 1.82) is 0 Å². The minimum absolute atomic E-state index is 0.0146. The molecule has 2 aromatic carbocycles. The smallest absolute Gasteiger partial charge is 0.224 e. The number of hydrogen-bond donors (Lipinski definition) is 2. The molecule has 2 N–H and O–H groups in total. The summed E-state index contributed by atoms with van der Waals surface area (Å²) in [7, 11) is 1.62. The number of hydrogen-bond acceptors (Lipinski definition) is 3. The highest BCUT2D eigenvalue weighted by atomic mass is 16.5. The van der Waals surface area contributed by atoms with Gasteiger partial charge in [0.05, 0.1) is 20.1 Å². The Balaban J connectivity index is 1.41. The van der Waals surface area contributed by atoms with Crippen LogP contribution in [0.25, 0.3) is 10.9 Å². The molecule has 0 unspecified atom stereocenters. The van der Waals surface area contributed by atoms with Crippen molar-refractivity contribution in [3.05, 3.63) is 60.3 Å². The lowest BCUT2D eigenvalue weighted by atomic mass is 10.1. The molecule has 0 atom stereocenters. The first-order valence-electron chi connectivity index (χ1n) is 7.84. The first-order chi connectivity index (χ1) is 11.7. The van der Waals surface area contributed by atoms with Gasteiger partial charge in [0.1, 0.15) is 18.1 Å². The average molecular weight is 324 g/mol. The number of fused-ring (bicyclic) bond motifs is 1. The zero-order valence-electron chi connectivity index (χ0n) is 13.5. The molecule has 1 aromatic heterocycles. The largest absolute Gasteiger partial charge is 0.497 e. The lowest BCUT2D eigenvalue weighted by Crippen LogP contribution is -2.29. The Morgan fingerprint density at radius 2 is 1.88 bits per heavy atom. The molecule has 3 aromatic rings. The van der Waals surface area contributed by atoms with Gasteiger partial charge in [0, 0.05) is 11.7 Å². The third-order valence-electron chi connectivity index (χ3n) is 3.74. The lowest BCUT2D eigenvalue weighted by Gasteiger charge is -2.08. The van der Waals surface area contributed by atoms with Crippen LogP contribution in [0.1, 0.15) is 5.56 Å². The summed E-state index contributed by atoms with van der Waals surface area (Å²) >= 11 is 0. The Morgan fingerprint density at radius 3 is 2.67 bits per heavy atom. The zero-order chi connectivity index (χ0) is 16.8. The molecule has 0 bridgehead atoms. The normalized spacial score (nSPS) is 10.5. The van der Waals surface area contributed by atoms with Gasteiger partial charge < -0.3 is 19.8 Å². The van der Waals surface area contributed by atoms with E-state index in [1.807, 2.05) is 54.7 Å². The molecule has 0 saturated heterocycles. The summed E-state index contributed by atoms with van der Waals surface area (Å²) in [4.78, 5) is 15.1. The van der Waals surface area contributed by atoms with Crippen molar-refractivity contribution in [1.82, 2.24) is 10.3 Å². The zero-order valence-corrected chi connectivity index (χ0v) is 13.5. The predicted molar refractivity (Wildman–Crippen MR) is 93.5 cm³/mol. The highest BCUT2D eigenvalue weighted by molar-refractivity contribution is 5.83. The summed E-state index contributed by atoms with van der Waals surface area (Å²) in [5, 5.41) is 4.01. The molecule has 5 nitrogen and oxygen atoms in total. The van der Waals surface area contributed by atoms with Crippen LogP contribution < -0.4 is 14.8 Å². The molecule has 0 saturated carbocycles. The van der Waals surface area contributed by atoms with E-state index in [2.05, 4.69) is 10.3 Å². The number of nitrogens with one attached hydrogen (secondary N) is 2. The highest BCUT2D eigenvalue weighted by Gasteiger charge is 2.04. The van der Waals surface area contributed by atoms with Gasteiger partial charge in [-0.1, -0.05) is 12.1 Å². The van der Waals surface area contributed by atoms with Crippen molar-refractivity contribution >= 4 is 16.8 Å². The number of H-pyrrole nitrogens is 1. The second kappa shape index (κ2) is 7.55. The number of rotatable bonds is 7. The monoisotopic (exact) mass is 324 g/mol. The Morgan fingerprint density at radius 1 is 1.08 bits per heavy atom. The van der Waals surface area contributed by atoms with Gasteiger partial charge in [0.15, 0.2) is 0 Å². The minimum Gasteiger partial charge on any atom is -0.497 e. The number of methoxy groups -OCH3 is 1. The van der Waals surface area contributed by atoms with Crippen LogP contribution in [0.5, 0.6) is 11.5 Å². The summed E-state index contributed by atoms with van der Waals surface area (Å²) < 4.78 is 10.7. The van der Waals surface area contributed by atoms with E-state index in [0.717, 1.165) is 28.0 Å². The lowest BCUT2D eigenvalue weighted by molar-refractivity contribution is -0.120. The molecule has 0 radical (unpaired) electrons. The van der Waals surface area contributed by atoms with E-state index in [-0.39, 0.29) is 5.91 Å². The molecule has 0 fully saturated rings. The van der Waals surface area contributed by atoms with Gasteiger partial charge in [-0.05, 0) is 47.3 Å². The topological polar surface area (TPSA) is 63.4 Å². The minimum atomic E-state index is -0.0146. The van der Waals surface area contributed by atoms with Crippen LogP contribution in [0, 0.1) is 0 Å². The van der Waals surface area contributed by atoms with Crippen LogP contribution >= 0.6 is 0 Å². The molecular weight excluding hydrogens is 304 g/mol. The van der Waals surface area contributed by atoms with Crippen LogP contribution in [-0.4, -0.2) is 31.2 Å². The molecule has 0 aliphatic heterocycles. The van der Waals surface area contributed by atoms with E-state index < -0.39 is 0 Å². The fourth-order valence-electron chi connectivity index (χ4n) is 2.48. The summed E-state index contributed by atoms with van der Waals surface area (Å²) in [5.41, 5.74) is 2.03. The molecule has 0 spiro atoms. The van der Waals surface area contributed by atoms with Crippen molar-refractivity contribution in [2.24, 2.45) is 0 Å². The Hall–Kier alpha value is -2.95. The van der Waals surface area contributed by atoms with Crippen LogP contribution in [0.3, 0.4) is 0 Å². The van der Waals surface area contributed by atoms with E-state index in [9.17, 15) is 4.79 Å². The van der Waals surface area contributed by atoms with Crippen molar-refractivity contribution < 1.29 is 14.3 Å². The molecule has 0 aliphatic carbocycles. The fourth-order valence-corrected chi connectivity index (χ4v) is 2.48. The third-order valence-corrected chi connectivity index (χ3v) is 3.74. The molecule has 0 aliphatic rings. The summed E-state index contributed by atoms with van der Waals surface area (Å²) in [6, 6.07) is 15.4. The van der Waals surface area contributed by atoms with E-state index >= 15 is 0 Å². The third kappa shape index (κ3) is 4.07. The average Bonchev–Trinajstić information content (AvgIpc) is 3.07. The number of benzene rings is 2. The quantitative estimate of drug-likeness (QED) is 0.657. The van der Waals surface area contributed by atoms with E-state index in [1.165, 1.54) is 0 Å². The van der Waals surface area contributed by atoms with E-state index in [1.54, 1.807) is 7.11 Å². The molecule has 3 rings (SSSR count). The second-order valence-corrected chi connectivity index (χ2v) is 5.45. The van der Waals surface area contributed by atoms with Gasteiger partial charge in [-0.25, -0.2) is 0 Å². The molecule has 124 valence electrons. The van der Waals surface area contributed by atoms with Gasteiger partial charge in [-0.2, -0.15) is 0 Å². The first-order valence-corrected chi connectivity index (χ1v) is 7.84. The Bertz CT molecular complexity index is 809. The summed E-state index contributed by atoms with van der Waals surface area (Å²) in [5.74, 6) is 1.52. The van der Waals surface area contributed by atoms with E-state index in [4.69, 9.17) is 9.47 Å². The summed E-state index contributed by atoms with van der Waals surface area (Å²) in [6.45, 7) is 0.892. The standard InChI is InChI=1S/C19H20N2O3/c1-23-16-4-6-17(7-5-16)24-11-10-21-19(22)13-14-2-3-15-8-9-20-18(15)12-14/h2-9,12,20H,10-11,13H2,1H3,(H,21,22). The Kier molecular flexibility index (Phi) is 5.01. The number of amides is 1. The molecule has 5 heteroatoms. The van der Waals surface area contributed by atoms with Crippen LogP contribution in [0.15, 0.2) is 54.7 Å². The van der Waals surface area contributed by atoms with Gasteiger partial charge >= 0.3 is 0 Å². The molecule has 1 amide bonds. The number of aromatic nitrogens is 1. The van der Waals surface area contributed by atoms with Gasteiger partial charge in [-0.15, -0.1) is 0 Å². The maximum atomic E-state index is 12.0. The summed E-state index contributed by atoms with van der Waals surface area (Å²) in [6.07, 6.45) is 2.25. The second-order valence-electron chi connectivity index (χ2n) is 5.45. The van der Waals surface area contributed by atoms with E-state index in [0.29, 0.717) is 19.6 Å². The van der Waals surface area contributed by atoms with Crippen LogP contribution in [0.2, 0.25) is 0 Å². The Labute approximate surface area is 140 Å². The molecule has 24 heavy (non-hydrogen) atoms.